The Balaban J connectivity index is 4.11. The highest BCUT2D eigenvalue weighted by atomic mass is 19.1. The van der Waals surface area contributed by atoms with Crippen LogP contribution < -0.4 is 0 Å². The number of allylic oxidation sites excluding steroid dienone is 1. The number of carboxylic acid groups (broad SMARTS) is 1. The standard InChI is InChI=1S/C8H13FO2/c1-6(2)7(8(10)11)4-3-5-9/h3-4,6-7H,5H2,1-2H3,(H,10,11)/b4-3+. The smallest absolute Gasteiger partial charge is 0.310 e. The molecule has 0 saturated carbocycles. The van der Waals surface area contributed by atoms with Gasteiger partial charge >= 0.3 is 5.97 Å². The van der Waals surface area contributed by atoms with Crippen LogP contribution in [0.25, 0.3) is 0 Å². The van der Waals surface area contributed by atoms with Crippen molar-refractivity contribution < 1.29 is 14.3 Å². The highest BCUT2D eigenvalue weighted by Crippen LogP contribution is 2.12. The predicted molar refractivity (Wildman–Crippen MR) is 41.1 cm³/mol. The Labute approximate surface area is 65.7 Å². The minimum atomic E-state index is -0.898. The summed E-state index contributed by atoms with van der Waals surface area (Å²) in [7, 11) is 0. The van der Waals surface area contributed by atoms with Crippen molar-refractivity contribution in [3.8, 4) is 0 Å². The molecule has 0 aliphatic heterocycles. The summed E-state index contributed by atoms with van der Waals surface area (Å²) in [6.45, 7) is 2.99. The Morgan fingerprint density at radius 2 is 2.18 bits per heavy atom. The molecule has 0 fully saturated rings. The molecule has 0 aromatic rings. The lowest BCUT2D eigenvalue weighted by Crippen LogP contribution is -2.17. The zero-order valence-corrected chi connectivity index (χ0v) is 6.75. The summed E-state index contributed by atoms with van der Waals surface area (Å²) in [5.74, 6) is -1.45. The summed E-state index contributed by atoms with van der Waals surface area (Å²) in [5.41, 5.74) is 0. The van der Waals surface area contributed by atoms with Crippen molar-refractivity contribution in [2.24, 2.45) is 11.8 Å². The van der Waals surface area contributed by atoms with Gasteiger partial charge in [0, 0.05) is 0 Å². The molecule has 0 heterocycles. The molecule has 0 aliphatic rings. The van der Waals surface area contributed by atoms with Crippen LogP contribution in [0.4, 0.5) is 4.39 Å². The van der Waals surface area contributed by atoms with Gasteiger partial charge in [0.1, 0.15) is 6.67 Å². The average Bonchev–Trinajstić information content (AvgIpc) is 1.87. The van der Waals surface area contributed by atoms with Crippen LogP contribution in [0.3, 0.4) is 0 Å². The first kappa shape index (κ1) is 10.1. The molecule has 0 aromatic carbocycles. The van der Waals surface area contributed by atoms with E-state index in [-0.39, 0.29) is 5.92 Å². The van der Waals surface area contributed by atoms with Crippen LogP contribution in [0.1, 0.15) is 13.8 Å². The molecule has 2 nitrogen and oxygen atoms in total. The van der Waals surface area contributed by atoms with E-state index in [1.54, 1.807) is 13.8 Å². The summed E-state index contributed by atoms with van der Waals surface area (Å²) in [6, 6.07) is 0. The lowest BCUT2D eigenvalue weighted by atomic mass is 9.96. The van der Waals surface area contributed by atoms with Crippen LogP contribution >= 0.6 is 0 Å². The van der Waals surface area contributed by atoms with Crippen molar-refractivity contribution in [2.75, 3.05) is 6.67 Å². The van der Waals surface area contributed by atoms with E-state index in [9.17, 15) is 9.18 Å². The maximum Gasteiger partial charge on any atom is 0.310 e. The van der Waals surface area contributed by atoms with Crippen molar-refractivity contribution in [1.29, 1.82) is 0 Å². The van der Waals surface area contributed by atoms with Gasteiger partial charge in [-0.25, -0.2) is 4.39 Å². The molecule has 0 radical (unpaired) electrons. The first-order valence-corrected chi connectivity index (χ1v) is 3.55. The van der Waals surface area contributed by atoms with E-state index in [1.807, 2.05) is 0 Å². The van der Waals surface area contributed by atoms with Gasteiger partial charge in [0.05, 0.1) is 5.92 Å². The molecule has 0 amide bonds. The van der Waals surface area contributed by atoms with Gasteiger partial charge < -0.3 is 5.11 Å². The minimum Gasteiger partial charge on any atom is -0.481 e. The molecule has 0 aliphatic carbocycles. The fourth-order valence-electron chi connectivity index (χ4n) is 0.788. The van der Waals surface area contributed by atoms with Gasteiger partial charge in [-0.15, -0.1) is 0 Å². The molecule has 0 bridgehead atoms. The zero-order chi connectivity index (χ0) is 8.85. The normalized spacial score (nSPS) is 14.2. The number of hydrogen-bond donors (Lipinski definition) is 1. The summed E-state index contributed by atoms with van der Waals surface area (Å²) >= 11 is 0. The number of hydrogen-bond acceptors (Lipinski definition) is 1. The van der Waals surface area contributed by atoms with Crippen molar-refractivity contribution in [1.82, 2.24) is 0 Å². The molecule has 0 saturated heterocycles. The van der Waals surface area contributed by atoms with Crippen LogP contribution in [0.2, 0.25) is 0 Å². The molecular formula is C8H13FO2. The van der Waals surface area contributed by atoms with Crippen LogP contribution in [0.5, 0.6) is 0 Å². The van der Waals surface area contributed by atoms with Gasteiger partial charge in [0.15, 0.2) is 0 Å². The van der Waals surface area contributed by atoms with E-state index >= 15 is 0 Å². The summed E-state index contributed by atoms with van der Waals surface area (Å²) in [4.78, 5) is 10.5. The van der Waals surface area contributed by atoms with Crippen LogP contribution in [-0.4, -0.2) is 17.8 Å². The number of aliphatic carboxylic acids is 1. The third-order valence-corrected chi connectivity index (χ3v) is 1.44. The Bertz CT molecular complexity index is 152. The average molecular weight is 160 g/mol. The summed E-state index contributed by atoms with van der Waals surface area (Å²) in [5, 5.41) is 8.60. The first-order chi connectivity index (χ1) is 5.09. The first-order valence-electron chi connectivity index (χ1n) is 3.55. The highest BCUT2D eigenvalue weighted by Gasteiger charge is 2.17. The molecular weight excluding hydrogens is 147 g/mol. The SMILES string of the molecule is CC(C)C(/C=C/CF)C(=O)O. The Hall–Kier alpha value is -0.860. The maximum absolute atomic E-state index is 11.6. The third kappa shape index (κ3) is 3.75. The zero-order valence-electron chi connectivity index (χ0n) is 6.75. The number of alkyl halides is 1. The quantitative estimate of drug-likeness (QED) is 0.637. The van der Waals surface area contributed by atoms with Gasteiger partial charge in [-0.1, -0.05) is 26.0 Å². The van der Waals surface area contributed by atoms with Crippen LogP contribution in [-0.2, 0) is 4.79 Å². The monoisotopic (exact) mass is 160 g/mol. The number of rotatable bonds is 4. The van der Waals surface area contributed by atoms with Crippen molar-refractivity contribution >= 4 is 5.97 Å². The number of carbonyl (C=O) groups is 1. The van der Waals surface area contributed by atoms with Gasteiger partial charge in [-0.2, -0.15) is 0 Å². The van der Waals surface area contributed by atoms with Crippen molar-refractivity contribution in [3.05, 3.63) is 12.2 Å². The topological polar surface area (TPSA) is 37.3 Å². The second kappa shape index (κ2) is 4.88. The molecule has 64 valence electrons. The Morgan fingerprint density at radius 1 is 1.64 bits per heavy atom. The largest absolute Gasteiger partial charge is 0.481 e. The lowest BCUT2D eigenvalue weighted by molar-refractivity contribution is -0.141. The summed E-state index contributed by atoms with van der Waals surface area (Å²) < 4.78 is 11.6. The van der Waals surface area contributed by atoms with E-state index in [4.69, 9.17) is 5.11 Å². The van der Waals surface area contributed by atoms with E-state index in [0.29, 0.717) is 0 Å². The molecule has 11 heavy (non-hydrogen) atoms. The molecule has 0 spiro atoms. The third-order valence-electron chi connectivity index (χ3n) is 1.44. The Morgan fingerprint density at radius 3 is 2.45 bits per heavy atom. The number of carboxylic acids is 1. The molecule has 1 atom stereocenters. The minimum absolute atomic E-state index is 0.00954. The highest BCUT2D eigenvalue weighted by molar-refractivity contribution is 5.72. The van der Waals surface area contributed by atoms with Crippen molar-refractivity contribution in [3.63, 3.8) is 0 Å². The molecule has 1 N–H and O–H groups in total. The lowest BCUT2D eigenvalue weighted by Gasteiger charge is -2.10. The van der Waals surface area contributed by atoms with E-state index in [2.05, 4.69) is 0 Å². The predicted octanol–water partition coefficient (Wildman–Crippen LogP) is 1.87. The molecule has 0 aromatic heterocycles. The van der Waals surface area contributed by atoms with E-state index < -0.39 is 18.6 Å². The van der Waals surface area contributed by atoms with Crippen LogP contribution in [0, 0.1) is 11.8 Å². The molecule has 0 rings (SSSR count). The second-order valence-electron chi connectivity index (χ2n) is 2.69. The second-order valence-corrected chi connectivity index (χ2v) is 2.69. The van der Waals surface area contributed by atoms with Gasteiger partial charge in [0.25, 0.3) is 0 Å². The molecule has 1 unspecified atom stereocenters. The maximum atomic E-state index is 11.6. The van der Waals surface area contributed by atoms with E-state index in [1.165, 1.54) is 12.2 Å². The fraction of sp³-hybridized carbons (Fsp3) is 0.625. The van der Waals surface area contributed by atoms with E-state index in [0.717, 1.165) is 0 Å². The fourth-order valence-corrected chi connectivity index (χ4v) is 0.788. The van der Waals surface area contributed by atoms with Gasteiger partial charge in [-0.3, -0.25) is 4.79 Å². The number of halogens is 1. The van der Waals surface area contributed by atoms with Crippen molar-refractivity contribution in [2.45, 2.75) is 13.8 Å². The van der Waals surface area contributed by atoms with Gasteiger partial charge in [-0.05, 0) is 5.92 Å². The summed E-state index contributed by atoms with van der Waals surface area (Å²) in [6.07, 6.45) is 2.63. The Kier molecular flexibility index (Phi) is 4.50. The van der Waals surface area contributed by atoms with Crippen LogP contribution in [0.15, 0.2) is 12.2 Å². The van der Waals surface area contributed by atoms with Gasteiger partial charge in [0.2, 0.25) is 0 Å². The molecule has 3 heteroatoms.